The van der Waals surface area contributed by atoms with Gasteiger partial charge in [0.1, 0.15) is 5.82 Å². The van der Waals surface area contributed by atoms with Crippen molar-refractivity contribution in [3.63, 3.8) is 0 Å². The Kier molecular flexibility index (Phi) is 5.10. The van der Waals surface area contributed by atoms with Gasteiger partial charge in [-0.3, -0.25) is 4.79 Å². The Bertz CT molecular complexity index is 437. The average Bonchev–Trinajstić information content (AvgIpc) is 2.38. The number of nitrogens with zero attached hydrogens (tertiary/aromatic N) is 1. The highest BCUT2D eigenvalue weighted by Gasteiger charge is 2.12. The number of carbonyl (C=O) groups is 2. The van der Waals surface area contributed by atoms with Gasteiger partial charge in [-0.2, -0.15) is 0 Å². The maximum absolute atomic E-state index is 13.3. The van der Waals surface area contributed by atoms with Crippen LogP contribution in [0.2, 0.25) is 0 Å². The van der Waals surface area contributed by atoms with Gasteiger partial charge in [0.2, 0.25) is 0 Å². The molecule has 18 heavy (non-hydrogen) atoms. The minimum absolute atomic E-state index is 0.0949. The van der Waals surface area contributed by atoms with E-state index in [0.29, 0.717) is 0 Å². The quantitative estimate of drug-likeness (QED) is 0.834. The number of esters is 1. The van der Waals surface area contributed by atoms with Crippen molar-refractivity contribution in [1.82, 2.24) is 4.90 Å². The van der Waals surface area contributed by atoms with E-state index in [4.69, 9.17) is 0 Å². The number of amides is 2. The molecule has 0 atom stereocenters. The minimum Gasteiger partial charge on any atom is -0.469 e. The lowest BCUT2D eigenvalue weighted by Crippen LogP contribution is -2.33. The van der Waals surface area contributed by atoms with Crippen molar-refractivity contribution in [1.29, 1.82) is 0 Å². The van der Waals surface area contributed by atoms with Crippen LogP contribution < -0.4 is 5.32 Å². The third-order valence-electron chi connectivity index (χ3n) is 2.34. The first-order valence-corrected chi connectivity index (χ1v) is 5.38. The smallest absolute Gasteiger partial charge is 0.321 e. The summed E-state index contributed by atoms with van der Waals surface area (Å²) < 4.78 is 17.7. The number of urea groups is 1. The Morgan fingerprint density at radius 1 is 1.39 bits per heavy atom. The lowest BCUT2D eigenvalue weighted by atomic mass is 10.3. The van der Waals surface area contributed by atoms with Crippen LogP contribution >= 0.6 is 0 Å². The average molecular weight is 254 g/mol. The number of para-hydroxylation sites is 1. The predicted molar refractivity (Wildman–Crippen MR) is 64.7 cm³/mol. The van der Waals surface area contributed by atoms with Crippen molar-refractivity contribution in [3.05, 3.63) is 30.1 Å². The molecule has 0 bridgehead atoms. The number of rotatable bonds is 4. The minimum atomic E-state index is -0.507. The molecule has 1 rings (SSSR count). The molecular weight excluding hydrogens is 239 g/mol. The number of halogens is 1. The van der Waals surface area contributed by atoms with E-state index >= 15 is 0 Å². The van der Waals surface area contributed by atoms with Crippen LogP contribution in [0.5, 0.6) is 0 Å². The van der Waals surface area contributed by atoms with Crippen LogP contribution in [0.4, 0.5) is 14.9 Å². The molecule has 1 aromatic rings. The summed E-state index contributed by atoms with van der Waals surface area (Å²) in [6.07, 6.45) is 0.0949. The summed E-state index contributed by atoms with van der Waals surface area (Å²) in [7, 11) is 2.79. The fourth-order valence-electron chi connectivity index (χ4n) is 1.24. The van der Waals surface area contributed by atoms with Crippen molar-refractivity contribution in [2.45, 2.75) is 6.42 Å². The van der Waals surface area contributed by atoms with Crippen molar-refractivity contribution in [2.24, 2.45) is 0 Å². The number of carbonyl (C=O) groups excluding carboxylic acids is 2. The summed E-state index contributed by atoms with van der Waals surface area (Å²) in [5.74, 6) is -0.909. The van der Waals surface area contributed by atoms with Crippen LogP contribution in [0.3, 0.4) is 0 Å². The normalized spacial score (nSPS) is 9.72. The van der Waals surface area contributed by atoms with Crippen LogP contribution in [0.15, 0.2) is 24.3 Å². The topological polar surface area (TPSA) is 58.6 Å². The zero-order valence-electron chi connectivity index (χ0n) is 10.3. The Hall–Kier alpha value is -2.11. The third kappa shape index (κ3) is 4.04. The summed E-state index contributed by atoms with van der Waals surface area (Å²) in [6.45, 7) is 0.201. The summed E-state index contributed by atoms with van der Waals surface area (Å²) >= 11 is 0. The molecule has 6 heteroatoms. The van der Waals surface area contributed by atoms with E-state index in [9.17, 15) is 14.0 Å². The molecule has 98 valence electrons. The van der Waals surface area contributed by atoms with E-state index in [1.807, 2.05) is 0 Å². The highest BCUT2D eigenvalue weighted by molar-refractivity contribution is 5.89. The van der Waals surface area contributed by atoms with Gasteiger partial charge in [0.25, 0.3) is 0 Å². The SMILES string of the molecule is COC(=O)CCN(C)C(=O)Nc1ccccc1F. The van der Waals surface area contributed by atoms with Gasteiger partial charge >= 0.3 is 12.0 Å². The summed E-state index contributed by atoms with van der Waals surface area (Å²) in [5.41, 5.74) is 0.104. The molecule has 0 unspecified atom stereocenters. The Morgan fingerprint density at radius 3 is 2.67 bits per heavy atom. The van der Waals surface area contributed by atoms with Crippen LogP contribution in [0.1, 0.15) is 6.42 Å². The van der Waals surface area contributed by atoms with Gasteiger partial charge < -0.3 is 15.0 Å². The molecule has 0 spiro atoms. The molecule has 0 aliphatic rings. The van der Waals surface area contributed by atoms with Crippen LogP contribution in [0, 0.1) is 5.82 Å². The van der Waals surface area contributed by atoms with Crippen LogP contribution in [-0.4, -0.2) is 37.6 Å². The van der Waals surface area contributed by atoms with Gasteiger partial charge in [-0.15, -0.1) is 0 Å². The fraction of sp³-hybridized carbons (Fsp3) is 0.333. The van der Waals surface area contributed by atoms with Crippen molar-refractivity contribution >= 4 is 17.7 Å². The van der Waals surface area contributed by atoms with Crippen LogP contribution in [0.25, 0.3) is 0 Å². The van der Waals surface area contributed by atoms with Crippen molar-refractivity contribution in [3.8, 4) is 0 Å². The molecule has 1 aromatic carbocycles. The summed E-state index contributed by atoms with van der Waals surface area (Å²) in [5, 5.41) is 2.41. The van der Waals surface area contributed by atoms with Gasteiger partial charge in [0.05, 0.1) is 19.2 Å². The monoisotopic (exact) mass is 254 g/mol. The van der Waals surface area contributed by atoms with Gasteiger partial charge in [0.15, 0.2) is 0 Å². The number of hydrogen-bond acceptors (Lipinski definition) is 3. The van der Waals surface area contributed by atoms with E-state index in [-0.39, 0.29) is 18.7 Å². The molecular formula is C12H15FN2O3. The molecule has 0 radical (unpaired) electrons. The Morgan fingerprint density at radius 2 is 2.06 bits per heavy atom. The Labute approximate surface area is 105 Å². The highest BCUT2D eigenvalue weighted by atomic mass is 19.1. The molecule has 0 aliphatic carbocycles. The molecule has 0 heterocycles. The van der Waals surface area contributed by atoms with Gasteiger partial charge in [-0.25, -0.2) is 9.18 Å². The highest BCUT2D eigenvalue weighted by Crippen LogP contribution is 2.12. The Balaban J connectivity index is 2.50. The second kappa shape index (κ2) is 6.58. The molecule has 0 saturated carbocycles. The first-order valence-electron chi connectivity index (χ1n) is 5.38. The molecule has 0 saturated heterocycles. The molecule has 0 aliphatic heterocycles. The van der Waals surface area contributed by atoms with Gasteiger partial charge in [-0.05, 0) is 12.1 Å². The summed E-state index contributed by atoms with van der Waals surface area (Å²) in [4.78, 5) is 23.9. The van der Waals surface area contributed by atoms with Gasteiger partial charge in [-0.1, -0.05) is 12.1 Å². The zero-order chi connectivity index (χ0) is 13.5. The van der Waals surface area contributed by atoms with Crippen LogP contribution in [-0.2, 0) is 9.53 Å². The number of nitrogens with one attached hydrogen (secondary N) is 1. The lowest BCUT2D eigenvalue weighted by Gasteiger charge is -2.17. The summed E-state index contributed by atoms with van der Waals surface area (Å²) in [6, 6.07) is 5.38. The van der Waals surface area contributed by atoms with Crippen molar-refractivity contribution < 1.29 is 18.7 Å². The molecule has 1 N–H and O–H groups in total. The number of methoxy groups -OCH3 is 1. The maximum atomic E-state index is 13.3. The van der Waals surface area contributed by atoms with E-state index in [1.165, 1.54) is 37.3 Å². The number of hydrogen-bond donors (Lipinski definition) is 1. The molecule has 5 nitrogen and oxygen atoms in total. The lowest BCUT2D eigenvalue weighted by molar-refractivity contribution is -0.140. The van der Waals surface area contributed by atoms with E-state index in [0.717, 1.165) is 0 Å². The predicted octanol–water partition coefficient (Wildman–Crippen LogP) is 1.85. The van der Waals surface area contributed by atoms with Crippen molar-refractivity contribution in [2.75, 3.05) is 26.0 Å². The third-order valence-corrected chi connectivity index (χ3v) is 2.34. The maximum Gasteiger partial charge on any atom is 0.321 e. The first-order chi connectivity index (χ1) is 8.54. The molecule has 0 aromatic heterocycles. The fourth-order valence-corrected chi connectivity index (χ4v) is 1.24. The largest absolute Gasteiger partial charge is 0.469 e. The molecule has 2 amide bonds. The molecule has 0 fully saturated rings. The first kappa shape index (κ1) is 14.0. The van der Waals surface area contributed by atoms with E-state index < -0.39 is 17.8 Å². The number of ether oxygens (including phenoxy) is 1. The number of benzene rings is 1. The van der Waals surface area contributed by atoms with Gasteiger partial charge in [0, 0.05) is 13.6 Å². The second-order valence-electron chi connectivity index (χ2n) is 3.66. The van der Waals surface area contributed by atoms with E-state index in [2.05, 4.69) is 10.1 Å². The number of anilines is 1. The zero-order valence-corrected chi connectivity index (χ0v) is 10.3. The standard InChI is InChI=1S/C12H15FN2O3/c1-15(8-7-11(16)18-2)12(17)14-10-6-4-3-5-9(10)13/h3-6H,7-8H2,1-2H3,(H,14,17). The van der Waals surface area contributed by atoms with E-state index in [1.54, 1.807) is 6.07 Å². The second-order valence-corrected chi connectivity index (χ2v) is 3.66.